The molecule has 0 aliphatic carbocycles. The zero-order valence-corrected chi connectivity index (χ0v) is 12.1. The first kappa shape index (κ1) is 15.0. The topological polar surface area (TPSA) is 97.1 Å². The summed E-state index contributed by atoms with van der Waals surface area (Å²) >= 11 is 0. The molecule has 8 heteroatoms. The van der Waals surface area contributed by atoms with Gasteiger partial charge in [0.1, 0.15) is 4.90 Å². The smallest absolute Gasteiger partial charge is 0.264 e. The first-order chi connectivity index (χ1) is 10.0. The Morgan fingerprint density at radius 2 is 2.24 bits per heavy atom. The summed E-state index contributed by atoms with van der Waals surface area (Å²) in [5, 5.41) is 12.6. The van der Waals surface area contributed by atoms with Gasteiger partial charge in [-0.3, -0.25) is 14.4 Å². The van der Waals surface area contributed by atoms with Crippen molar-refractivity contribution in [3.05, 3.63) is 36.3 Å². The van der Waals surface area contributed by atoms with Crippen molar-refractivity contribution < 1.29 is 13.5 Å². The number of hydrogen-bond donors (Lipinski definition) is 2. The van der Waals surface area contributed by atoms with Crippen molar-refractivity contribution in [3.63, 3.8) is 0 Å². The number of sulfonamides is 1. The Bertz CT molecular complexity index is 787. The predicted octanol–water partition coefficient (Wildman–Crippen LogP) is 0.350. The van der Waals surface area contributed by atoms with Crippen LogP contribution in [-0.2, 0) is 17.1 Å². The zero-order chi connectivity index (χ0) is 15.3. The molecule has 2 rings (SSSR count). The van der Waals surface area contributed by atoms with Crippen molar-refractivity contribution in [1.29, 1.82) is 0 Å². The number of nitrogens with zero attached hydrogens (tertiary/aromatic N) is 3. The zero-order valence-electron chi connectivity index (χ0n) is 11.3. The fraction of sp³-hybridized carbons (Fsp3) is 0.231. The molecule has 0 spiro atoms. The number of rotatable bonds is 4. The summed E-state index contributed by atoms with van der Waals surface area (Å²) < 4.78 is 28.3. The second-order valence-corrected chi connectivity index (χ2v) is 5.85. The van der Waals surface area contributed by atoms with Crippen LogP contribution in [0.15, 0.2) is 35.6 Å². The van der Waals surface area contributed by atoms with Crippen molar-refractivity contribution in [2.24, 2.45) is 7.05 Å². The lowest BCUT2D eigenvalue weighted by Gasteiger charge is -2.05. The van der Waals surface area contributed by atoms with E-state index in [2.05, 4.69) is 26.6 Å². The van der Waals surface area contributed by atoms with Gasteiger partial charge in [-0.05, 0) is 6.07 Å². The number of aromatic nitrogens is 3. The van der Waals surface area contributed by atoms with E-state index >= 15 is 0 Å². The fourth-order valence-electron chi connectivity index (χ4n) is 1.52. The second kappa shape index (κ2) is 6.39. The van der Waals surface area contributed by atoms with Crippen LogP contribution in [0.3, 0.4) is 0 Å². The summed E-state index contributed by atoms with van der Waals surface area (Å²) in [6.45, 7) is -0.0420. The van der Waals surface area contributed by atoms with Crippen LogP contribution < -0.4 is 4.72 Å². The standard InChI is InChI=1S/C13H14N4O3S/c1-17-6-5-13(15-17)16-21(19,20)12-8-11(9-14-10-12)4-2-3-7-18/h5-6,8-10,18H,3,7H2,1H3,(H,15,16). The molecule has 7 nitrogen and oxygen atoms in total. The lowest BCUT2D eigenvalue weighted by atomic mass is 10.3. The number of anilines is 1. The summed E-state index contributed by atoms with van der Waals surface area (Å²) in [7, 11) is -2.07. The van der Waals surface area contributed by atoms with Gasteiger partial charge < -0.3 is 5.11 Å². The Labute approximate surface area is 122 Å². The quantitative estimate of drug-likeness (QED) is 0.794. The van der Waals surface area contributed by atoms with Gasteiger partial charge in [-0.15, -0.1) is 0 Å². The van der Waals surface area contributed by atoms with Crippen LogP contribution in [0.1, 0.15) is 12.0 Å². The maximum Gasteiger partial charge on any atom is 0.264 e. The molecule has 2 aromatic rings. The molecule has 0 aliphatic heterocycles. The van der Waals surface area contributed by atoms with Crippen LogP contribution in [0.5, 0.6) is 0 Å². The van der Waals surface area contributed by atoms with E-state index in [9.17, 15) is 8.42 Å². The molecule has 0 saturated carbocycles. The lowest BCUT2D eigenvalue weighted by Crippen LogP contribution is -2.14. The average Bonchev–Trinajstić information content (AvgIpc) is 2.84. The highest BCUT2D eigenvalue weighted by molar-refractivity contribution is 7.92. The highest BCUT2D eigenvalue weighted by Crippen LogP contribution is 2.14. The van der Waals surface area contributed by atoms with Crippen LogP contribution in [0.4, 0.5) is 5.82 Å². The monoisotopic (exact) mass is 306 g/mol. The SMILES string of the molecule is Cn1ccc(NS(=O)(=O)c2cncc(C#CCCO)c2)n1. The van der Waals surface area contributed by atoms with E-state index in [0.29, 0.717) is 12.0 Å². The van der Waals surface area contributed by atoms with Crippen LogP contribution in [-0.4, -0.2) is 34.9 Å². The van der Waals surface area contributed by atoms with E-state index in [4.69, 9.17) is 5.11 Å². The van der Waals surface area contributed by atoms with Crippen LogP contribution in [0.2, 0.25) is 0 Å². The van der Waals surface area contributed by atoms with Gasteiger partial charge in [0.25, 0.3) is 10.0 Å². The summed E-state index contributed by atoms with van der Waals surface area (Å²) in [4.78, 5) is 3.87. The van der Waals surface area contributed by atoms with Crippen LogP contribution in [0, 0.1) is 11.8 Å². The highest BCUT2D eigenvalue weighted by Gasteiger charge is 2.16. The third kappa shape index (κ3) is 4.05. The predicted molar refractivity (Wildman–Crippen MR) is 76.8 cm³/mol. The number of aryl methyl sites for hydroxylation is 1. The molecule has 0 fully saturated rings. The molecular weight excluding hydrogens is 292 g/mol. The van der Waals surface area contributed by atoms with Gasteiger partial charge >= 0.3 is 0 Å². The molecule has 110 valence electrons. The minimum absolute atomic E-state index is 0.00366. The third-order valence-electron chi connectivity index (χ3n) is 2.45. The Balaban J connectivity index is 2.24. The fourth-order valence-corrected chi connectivity index (χ4v) is 2.50. The van der Waals surface area contributed by atoms with E-state index in [1.165, 1.54) is 23.1 Å². The van der Waals surface area contributed by atoms with Gasteiger partial charge in [0.15, 0.2) is 5.82 Å². The molecule has 0 saturated heterocycles. The Morgan fingerprint density at radius 3 is 2.90 bits per heavy atom. The molecule has 2 heterocycles. The Kier molecular flexibility index (Phi) is 4.57. The van der Waals surface area contributed by atoms with Gasteiger partial charge in [0.2, 0.25) is 0 Å². The number of nitrogens with one attached hydrogen (secondary N) is 1. The molecule has 21 heavy (non-hydrogen) atoms. The lowest BCUT2D eigenvalue weighted by molar-refractivity contribution is 0.305. The molecule has 0 atom stereocenters. The molecular formula is C13H14N4O3S. The Morgan fingerprint density at radius 1 is 1.43 bits per heavy atom. The molecule has 0 aromatic carbocycles. The molecule has 2 N–H and O–H groups in total. The minimum Gasteiger partial charge on any atom is -0.395 e. The first-order valence-corrected chi connectivity index (χ1v) is 7.57. The molecule has 0 bridgehead atoms. The first-order valence-electron chi connectivity index (χ1n) is 6.08. The van der Waals surface area contributed by atoms with Crippen LogP contribution >= 0.6 is 0 Å². The van der Waals surface area contributed by atoms with E-state index < -0.39 is 10.0 Å². The summed E-state index contributed by atoms with van der Waals surface area (Å²) in [5.74, 6) is 5.68. The van der Waals surface area contributed by atoms with Gasteiger partial charge in [-0.2, -0.15) is 5.10 Å². The normalized spacial score (nSPS) is 10.8. The van der Waals surface area contributed by atoms with Gasteiger partial charge in [-0.1, -0.05) is 11.8 Å². The van der Waals surface area contributed by atoms with Crippen molar-refractivity contribution in [3.8, 4) is 11.8 Å². The maximum atomic E-state index is 12.2. The summed E-state index contributed by atoms with van der Waals surface area (Å²) in [5.41, 5.74) is 0.465. The van der Waals surface area contributed by atoms with E-state index in [1.54, 1.807) is 19.3 Å². The van der Waals surface area contributed by atoms with Gasteiger partial charge in [-0.25, -0.2) is 8.42 Å². The largest absolute Gasteiger partial charge is 0.395 e. The maximum absolute atomic E-state index is 12.2. The van der Waals surface area contributed by atoms with Crippen molar-refractivity contribution in [1.82, 2.24) is 14.8 Å². The molecule has 0 amide bonds. The highest BCUT2D eigenvalue weighted by atomic mass is 32.2. The van der Waals surface area contributed by atoms with Gasteiger partial charge in [0, 0.05) is 43.7 Å². The van der Waals surface area contributed by atoms with Crippen molar-refractivity contribution >= 4 is 15.8 Å². The molecule has 0 unspecified atom stereocenters. The number of aliphatic hydroxyl groups excluding tert-OH is 1. The molecule has 2 aromatic heterocycles. The minimum atomic E-state index is -3.76. The number of pyridine rings is 1. The van der Waals surface area contributed by atoms with Crippen molar-refractivity contribution in [2.45, 2.75) is 11.3 Å². The number of hydrogen-bond acceptors (Lipinski definition) is 5. The number of aliphatic hydroxyl groups is 1. The summed E-state index contributed by atoms with van der Waals surface area (Å²) in [6, 6.07) is 2.97. The van der Waals surface area contributed by atoms with E-state index in [1.807, 2.05) is 0 Å². The molecule has 0 radical (unpaired) electrons. The molecule has 0 aliphatic rings. The van der Waals surface area contributed by atoms with Crippen molar-refractivity contribution in [2.75, 3.05) is 11.3 Å². The second-order valence-electron chi connectivity index (χ2n) is 4.16. The van der Waals surface area contributed by atoms with Crippen LogP contribution in [0.25, 0.3) is 0 Å². The Hall–Kier alpha value is -2.37. The van der Waals surface area contributed by atoms with E-state index in [0.717, 1.165) is 0 Å². The third-order valence-corrected chi connectivity index (χ3v) is 3.77. The van der Waals surface area contributed by atoms with E-state index in [-0.39, 0.29) is 17.3 Å². The summed E-state index contributed by atoms with van der Waals surface area (Å²) in [6.07, 6.45) is 4.66. The average molecular weight is 306 g/mol. The van der Waals surface area contributed by atoms with Gasteiger partial charge in [0.05, 0.1) is 6.61 Å².